The molecule has 8 aromatic carbocycles. The molecule has 4 unspecified atom stereocenters. The highest BCUT2D eigenvalue weighted by Gasteiger charge is 2.45. The van der Waals surface area contributed by atoms with E-state index in [-0.39, 0.29) is 21.3 Å². The summed E-state index contributed by atoms with van der Waals surface area (Å²) in [7, 11) is -11.6. The number of anilines is 2. The van der Waals surface area contributed by atoms with Gasteiger partial charge in [-0.25, -0.2) is 8.42 Å². The van der Waals surface area contributed by atoms with E-state index in [0.717, 1.165) is 22.3 Å². The first kappa shape index (κ1) is 40.1. The van der Waals surface area contributed by atoms with E-state index in [1.54, 1.807) is 72.8 Å². The van der Waals surface area contributed by atoms with Crippen LogP contribution in [-0.4, -0.2) is 18.6 Å². The molecule has 0 saturated carbocycles. The normalized spacial score (nSPS) is 18.2. The molecule has 2 aliphatic rings. The van der Waals surface area contributed by atoms with Gasteiger partial charge in [0.1, 0.15) is 34.6 Å². The van der Waals surface area contributed by atoms with Gasteiger partial charge in [-0.05, 0) is 119 Å². The minimum Gasteiger partial charge on any atom is -0.508 e. The SMILES string of the molecule is O=P1(C(Nc2ccc(S(=O)(=O)c3ccc(NC(c4ccc(O)cc4)P4(=O)Oc5ccccc5-c5ccccc54)cc3)cc2)c2ccc(O)cc2)Oc2ccccc2-c2ccccc21. The van der Waals surface area contributed by atoms with Gasteiger partial charge in [0.25, 0.3) is 0 Å². The molecule has 2 aliphatic heterocycles. The first-order valence-corrected chi connectivity index (χ1v) is 24.9. The lowest BCUT2D eigenvalue weighted by molar-refractivity contribution is 0.473. The van der Waals surface area contributed by atoms with Crippen LogP contribution < -0.4 is 30.3 Å². The topological polar surface area (TPSA) is 151 Å². The van der Waals surface area contributed by atoms with E-state index in [1.807, 2.05) is 72.8 Å². The van der Waals surface area contributed by atoms with Crippen LogP contribution in [0.25, 0.3) is 22.3 Å². The first-order valence-electron chi connectivity index (χ1n) is 20.0. The molecule has 4 N–H and O–H groups in total. The van der Waals surface area contributed by atoms with Crippen LogP contribution in [0.2, 0.25) is 0 Å². The third kappa shape index (κ3) is 7.14. The zero-order valence-electron chi connectivity index (χ0n) is 33.3. The van der Waals surface area contributed by atoms with Gasteiger partial charge in [-0.2, -0.15) is 0 Å². The molecule has 0 radical (unpaired) electrons. The predicted octanol–water partition coefficient (Wildman–Crippen LogP) is 11.5. The summed E-state index contributed by atoms with van der Waals surface area (Å²) in [6.45, 7) is 0. The average Bonchev–Trinajstić information content (AvgIpc) is 3.31. The maximum atomic E-state index is 15.3. The molecule has 0 saturated heterocycles. The smallest absolute Gasteiger partial charge is 0.303 e. The molecule has 0 amide bonds. The quantitative estimate of drug-likeness (QED) is 0.0977. The molecule has 312 valence electrons. The molecule has 0 aliphatic carbocycles. The molecule has 10 rings (SSSR count). The summed E-state index contributed by atoms with van der Waals surface area (Å²) in [5, 5.41) is 28.1. The summed E-state index contributed by atoms with van der Waals surface area (Å²) < 4.78 is 71.7. The van der Waals surface area contributed by atoms with Crippen molar-refractivity contribution in [3.63, 3.8) is 0 Å². The Morgan fingerprint density at radius 2 is 0.746 bits per heavy atom. The van der Waals surface area contributed by atoms with Crippen molar-refractivity contribution in [1.82, 2.24) is 0 Å². The van der Waals surface area contributed by atoms with E-state index in [4.69, 9.17) is 9.05 Å². The Morgan fingerprint density at radius 3 is 1.13 bits per heavy atom. The lowest BCUT2D eigenvalue weighted by Crippen LogP contribution is -2.26. The van der Waals surface area contributed by atoms with E-state index in [2.05, 4.69) is 10.6 Å². The fourth-order valence-electron chi connectivity index (χ4n) is 8.21. The zero-order valence-corrected chi connectivity index (χ0v) is 35.9. The van der Waals surface area contributed by atoms with Crippen molar-refractivity contribution < 1.29 is 36.8 Å². The third-order valence-corrected chi connectivity index (χ3v) is 18.4. The lowest BCUT2D eigenvalue weighted by Gasteiger charge is -2.35. The summed E-state index contributed by atoms with van der Waals surface area (Å²) in [4.78, 5) is 0.0686. The number of hydrogen-bond donors (Lipinski definition) is 4. The summed E-state index contributed by atoms with van der Waals surface area (Å²) >= 11 is 0. The second-order valence-electron chi connectivity index (χ2n) is 15.2. The van der Waals surface area contributed by atoms with E-state index >= 15 is 9.13 Å². The van der Waals surface area contributed by atoms with Crippen LogP contribution >= 0.6 is 14.7 Å². The van der Waals surface area contributed by atoms with Crippen molar-refractivity contribution in [1.29, 1.82) is 0 Å². The Morgan fingerprint density at radius 1 is 0.413 bits per heavy atom. The van der Waals surface area contributed by atoms with Gasteiger partial charge in [-0.15, -0.1) is 0 Å². The summed E-state index contributed by atoms with van der Waals surface area (Å²) in [5.41, 5.74) is 5.40. The summed E-state index contributed by atoms with van der Waals surface area (Å²) in [6.07, 6.45) is 0. The number of rotatable bonds is 10. The van der Waals surface area contributed by atoms with E-state index in [1.165, 1.54) is 48.5 Å². The van der Waals surface area contributed by atoms with Crippen molar-refractivity contribution in [2.24, 2.45) is 0 Å². The van der Waals surface area contributed by atoms with Gasteiger partial charge in [0.15, 0.2) is 0 Å². The molecule has 0 spiro atoms. The third-order valence-electron chi connectivity index (χ3n) is 11.3. The van der Waals surface area contributed by atoms with Gasteiger partial charge < -0.3 is 29.9 Å². The largest absolute Gasteiger partial charge is 0.508 e. The van der Waals surface area contributed by atoms with Crippen LogP contribution in [0.4, 0.5) is 11.4 Å². The first-order chi connectivity index (χ1) is 30.5. The molecule has 63 heavy (non-hydrogen) atoms. The van der Waals surface area contributed by atoms with Crippen molar-refractivity contribution in [3.8, 4) is 45.3 Å². The molecule has 0 bridgehead atoms. The van der Waals surface area contributed by atoms with Crippen LogP contribution in [0.3, 0.4) is 0 Å². The van der Waals surface area contributed by atoms with Crippen molar-refractivity contribution >= 4 is 46.6 Å². The number of sulfone groups is 1. The number of aromatic hydroxyl groups is 2. The Kier molecular flexibility index (Phi) is 9.99. The van der Waals surface area contributed by atoms with E-state index in [9.17, 15) is 18.6 Å². The van der Waals surface area contributed by atoms with Gasteiger partial charge >= 0.3 is 14.7 Å². The number of fused-ring (bicyclic) bond motifs is 6. The fraction of sp³-hybridized carbons (Fsp3) is 0.0400. The molecule has 4 atom stereocenters. The van der Waals surface area contributed by atoms with Crippen molar-refractivity contribution in [2.45, 2.75) is 21.4 Å². The highest BCUT2D eigenvalue weighted by molar-refractivity contribution is 7.91. The van der Waals surface area contributed by atoms with Crippen molar-refractivity contribution in [3.05, 3.63) is 205 Å². The van der Waals surface area contributed by atoms with Crippen molar-refractivity contribution in [2.75, 3.05) is 10.6 Å². The summed E-state index contributed by atoms with van der Waals surface area (Å²) in [5.74, 6) is -0.773. The summed E-state index contributed by atoms with van der Waals surface area (Å²) in [6, 6.07) is 54.9. The molecule has 0 fully saturated rings. The van der Waals surface area contributed by atoms with E-state index < -0.39 is 36.1 Å². The Bertz CT molecular complexity index is 3020. The number of phenolic OH excluding ortho intramolecular Hbond substituents is 2. The maximum Gasteiger partial charge on any atom is 0.303 e. The number of benzene rings is 8. The second-order valence-corrected chi connectivity index (χ2v) is 21.9. The molecule has 2 heterocycles. The average molecular weight is 889 g/mol. The van der Waals surface area contributed by atoms with Crippen LogP contribution in [-0.2, 0) is 19.0 Å². The highest BCUT2D eigenvalue weighted by atomic mass is 32.2. The van der Waals surface area contributed by atoms with Crippen LogP contribution in [0.15, 0.2) is 204 Å². The minimum absolute atomic E-state index is 0.0343. The van der Waals surface area contributed by atoms with Crippen LogP contribution in [0, 0.1) is 0 Å². The standard InChI is InChI=1S/C50H38N2O8P2S/c53-37-25-17-33(18-26-37)49(61(55)47-15-7-3-11-43(47)41-9-1-5-13-45(41)59-61)51-35-21-29-39(30-22-35)63(57,58)40-31-23-36(24-32-40)52-50(34-19-27-38(54)28-20-34)62(56)48-16-8-4-12-44(48)42-10-2-6-14-46(42)60-62/h1-32,49-54H. The van der Waals surface area contributed by atoms with E-state index in [0.29, 0.717) is 44.6 Å². The number of para-hydroxylation sites is 2. The van der Waals surface area contributed by atoms with Crippen LogP contribution in [0.1, 0.15) is 22.7 Å². The zero-order chi connectivity index (χ0) is 43.3. The molecular weight excluding hydrogens is 851 g/mol. The fourth-order valence-corrected chi connectivity index (χ4v) is 14.8. The highest BCUT2D eigenvalue weighted by Crippen LogP contribution is 2.65. The maximum absolute atomic E-state index is 15.3. The van der Waals surface area contributed by atoms with Gasteiger partial charge in [0.05, 0.1) is 20.4 Å². The Labute approximate surface area is 364 Å². The second kappa shape index (κ2) is 15.7. The monoisotopic (exact) mass is 888 g/mol. The lowest BCUT2D eigenvalue weighted by atomic mass is 10.0. The Balaban J connectivity index is 0.938. The predicted molar refractivity (Wildman–Crippen MR) is 247 cm³/mol. The molecule has 0 aromatic heterocycles. The molecule has 10 nitrogen and oxygen atoms in total. The van der Waals surface area contributed by atoms with Gasteiger partial charge in [-0.3, -0.25) is 9.13 Å². The number of nitrogens with one attached hydrogen (secondary N) is 2. The Hall–Kier alpha value is -7.03. The molecule has 13 heteroatoms. The van der Waals surface area contributed by atoms with Gasteiger partial charge in [0, 0.05) is 22.5 Å². The van der Waals surface area contributed by atoms with Gasteiger partial charge in [-0.1, -0.05) is 97.1 Å². The van der Waals surface area contributed by atoms with Gasteiger partial charge in [0.2, 0.25) is 9.84 Å². The van der Waals surface area contributed by atoms with Crippen LogP contribution in [0.5, 0.6) is 23.0 Å². The number of phenols is 2. The molecular formula is C50H38N2O8P2S. The molecule has 8 aromatic rings. The number of hydrogen-bond acceptors (Lipinski definition) is 10. The minimum atomic E-state index is -4.03.